The van der Waals surface area contributed by atoms with Gasteiger partial charge in [-0.1, -0.05) is 46.7 Å². The van der Waals surface area contributed by atoms with E-state index in [0.29, 0.717) is 13.1 Å². The maximum atomic E-state index is 12.7. The van der Waals surface area contributed by atoms with Gasteiger partial charge in [-0.15, -0.1) is 4.72 Å². The second-order valence-electron chi connectivity index (χ2n) is 7.67. The summed E-state index contributed by atoms with van der Waals surface area (Å²) in [6.45, 7) is 1.38. The Balaban J connectivity index is 1.54. The quantitative estimate of drug-likeness (QED) is 0.827. The molecule has 1 fully saturated rings. The predicted molar refractivity (Wildman–Crippen MR) is 105 cm³/mol. The Kier molecular flexibility index (Phi) is 4.66. The molecule has 1 aliphatic heterocycles. The van der Waals surface area contributed by atoms with E-state index in [-0.39, 0.29) is 17.4 Å². The van der Waals surface area contributed by atoms with Gasteiger partial charge in [0.05, 0.1) is 6.04 Å². The smallest absolute Gasteiger partial charge is 0.253 e. The molecular weight excluding hydrogens is 360 g/mol. The summed E-state index contributed by atoms with van der Waals surface area (Å²) in [6.07, 6.45) is 3.67. The number of likely N-dealkylation sites (tertiary alicyclic amines) is 1. The van der Waals surface area contributed by atoms with Crippen LogP contribution in [0, 0.1) is 0 Å². The van der Waals surface area contributed by atoms with Crippen LogP contribution in [0.25, 0.3) is 0 Å². The molecular formula is C21H24N2O3S. The summed E-state index contributed by atoms with van der Waals surface area (Å²) in [4.78, 5) is 14.7. The molecule has 1 amide bonds. The molecule has 1 heterocycles. The first-order valence-corrected chi connectivity index (χ1v) is 11.2. The van der Waals surface area contributed by atoms with Crippen LogP contribution in [0.1, 0.15) is 46.8 Å². The lowest BCUT2D eigenvalue weighted by molar-refractivity contribution is 0.0662. The zero-order valence-electron chi connectivity index (χ0n) is 15.4. The van der Waals surface area contributed by atoms with Gasteiger partial charge in [-0.25, -0.2) is 0 Å². The van der Waals surface area contributed by atoms with Crippen molar-refractivity contribution in [2.45, 2.75) is 30.7 Å². The zero-order valence-corrected chi connectivity index (χ0v) is 16.2. The predicted octanol–water partition coefficient (Wildman–Crippen LogP) is 3.07. The summed E-state index contributed by atoms with van der Waals surface area (Å²) in [5.41, 5.74) is 2.97. The molecule has 6 heteroatoms. The number of piperidine rings is 1. The minimum atomic E-state index is -3.28. The second-order valence-corrected chi connectivity index (χ2v) is 9.45. The van der Waals surface area contributed by atoms with E-state index < -0.39 is 10.4 Å². The highest BCUT2D eigenvalue weighted by molar-refractivity contribution is 7.95. The first-order valence-electron chi connectivity index (χ1n) is 9.29. The second kappa shape index (κ2) is 6.86. The SMILES string of the molecule is C[S+](=O)([O-])NC1CC2(CCN(C(=O)c3ccccc3)CC2)c2ccccc21. The largest absolute Gasteiger partial charge is 0.598 e. The van der Waals surface area contributed by atoms with Crippen LogP contribution in [-0.2, 0) is 20.0 Å². The van der Waals surface area contributed by atoms with E-state index in [1.807, 2.05) is 53.4 Å². The van der Waals surface area contributed by atoms with Gasteiger partial charge in [0.2, 0.25) is 0 Å². The molecule has 1 N–H and O–H groups in total. The van der Waals surface area contributed by atoms with Crippen molar-refractivity contribution in [1.29, 1.82) is 0 Å². The summed E-state index contributed by atoms with van der Waals surface area (Å²) in [6, 6.07) is 17.3. The van der Waals surface area contributed by atoms with Crippen LogP contribution in [-0.4, -0.2) is 34.7 Å². The van der Waals surface area contributed by atoms with Gasteiger partial charge < -0.3 is 9.45 Å². The van der Waals surface area contributed by atoms with Gasteiger partial charge >= 0.3 is 0 Å². The third-order valence-corrected chi connectivity index (χ3v) is 6.60. The van der Waals surface area contributed by atoms with Gasteiger partial charge in [0.1, 0.15) is 16.7 Å². The molecule has 2 aliphatic rings. The third-order valence-electron chi connectivity index (χ3n) is 5.89. The lowest BCUT2D eigenvalue weighted by Crippen LogP contribution is -2.45. The molecule has 2 aromatic rings. The molecule has 0 bridgehead atoms. The first-order chi connectivity index (χ1) is 12.9. The molecule has 0 radical (unpaired) electrons. The number of nitrogens with one attached hydrogen (secondary N) is 1. The Bertz CT molecular complexity index is 885. The van der Waals surface area contributed by atoms with Crippen LogP contribution in [0.3, 0.4) is 0 Å². The molecule has 142 valence electrons. The highest BCUT2D eigenvalue weighted by Gasteiger charge is 2.47. The van der Waals surface area contributed by atoms with Crippen molar-refractivity contribution in [2.24, 2.45) is 0 Å². The maximum absolute atomic E-state index is 12.7. The van der Waals surface area contributed by atoms with Crippen molar-refractivity contribution < 1.29 is 13.6 Å². The average molecular weight is 385 g/mol. The van der Waals surface area contributed by atoms with Crippen molar-refractivity contribution in [3.63, 3.8) is 0 Å². The number of amides is 1. The number of sulfonamides is 1. The molecule has 1 saturated heterocycles. The van der Waals surface area contributed by atoms with Gasteiger partial charge in [-0.2, -0.15) is 0 Å². The highest BCUT2D eigenvalue weighted by atomic mass is 32.3. The molecule has 0 saturated carbocycles. The molecule has 4 rings (SSSR count). The van der Waals surface area contributed by atoms with Crippen molar-refractivity contribution in [3.8, 4) is 0 Å². The fraction of sp³-hybridized carbons (Fsp3) is 0.381. The monoisotopic (exact) mass is 384 g/mol. The highest BCUT2D eigenvalue weighted by Crippen LogP contribution is 2.51. The number of hydrogen-bond donors (Lipinski definition) is 1. The molecule has 2 unspecified atom stereocenters. The Morgan fingerprint density at radius 3 is 2.41 bits per heavy atom. The lowest BCUT2D eigenvalue weighted by Gasteiger charge is -2.40. The number of nitrogens with zero attached hydrogens (tertiary/aromatic N) is 1. The van der Waals surface area contributed by atoms with E-state index in [4.69, 9.17) is 0 Å². The van der Waals surface area contributed by atoms with Gasteiger partial charge in [-0.05, 0) is 42.5 Å². The van der Waals surface area contributed by atoms with Crippen molar-refractivity contribution >= 4 is 16.3 Å². The Morgan fingerprint density at radius 2 is 1.74 bits per heavy atom. The number of hydrogen-bond acceptors (Lipinski definition) is 3. The molecule has 2 atom stereocenters. The van der Waals surface area contributed by atoms with E-state index in [9.17, 15) is 13.6 Å². The van der Waals surface area contributed by atoms with Crippen LogP contribution in [0.4, 0.5) is 0 Å². The third kappa shape index (κ3) is 3.57. The van der Waals surface area contributed by atoms with Crippen LogP contribution < -0.4 is 4.72 Å². The number of rotatable bonds is 3. The Hall–Kier alpha value is -2.02. The van der Waals surface area contributed by atoms with Crippen LogP contribution in [0.5, 0.6) is 0 Å². The van der Waals surface area contributed by atoms with E-state index in [0.717, 1.165) is 30.4 Å². The van der Waals surface area contributed by atoms with Crippen molar-refractivity contribution in [2.75, 3.05) is 19.3 Å². The standard InChI is InChI=1S/C21H24N2O3S/c1-27(25,26)22-19-15-21(18-10-6-5-9-17(18)19)11-13-23(14-12-21)20(24)16-7-3-2-4-8-16/h2-10,19H,11-15H2,1H3,(H-,22,25,26). The molecule has 27 heavy (non-hydrogen) atoms. The summed E-state index contributed by atoms with van der Waals surface area (Å²) in [5, 5.41) is 0. The zero-order chi connectivity index (χ0) is 19.1. The van der Waals surface area contributed by atoms with E-state index in [1.54, 1.807) is 0 Å². The van der Waals surface area contributed by atoms with Crippen molar-refractivity contribution in [1.82, 2.24) is 9.62 Å². The fourth-order valence-corrected chi connectivity index (χ4v) is 5.36. The molecule has 0 aromatic heterocycles. The normalized spacial score (nSPS) is 23.0. The van der Waals surface area contributed by atoms with Gasteiger partial charge in [0.15, 0.2) is 0 Å². The van der Waals surface area contributed by atoms with E-state index in [1.165, 1.54) is 11.8 Å². The van der Waals surface area contributed by atoms with Gasteiger partial charge in [-0.3, -0.25) is 4.79 Å². The number of carbonyl (C=O) groups is 1. The van der Waals surface area contributed by atoms with Crippen LogP contribution >= 0.6 is 0 Å². The van der Waals surface area contributed by atoms with E-state index in [2.05, 4.69) is 10.8 Å². The van der Waals surface area contributed by atoms with Crippen LogP contribution in [0.2, 0.25) is 0 Å². The Morgan fingerprint density at radius 1 is 1.11 bits per heavy atom. The maximum Gasteiger partial charge on any atom is 0.253 e. The van der Waals surface area contributed by atoms with Crippen LogP contribution in [0.15, 0.2) is 54.6 Å². The van der Waals surface area contributed by atoms with Crippen molar-refractivity contribution in [3.05, 3.63) is 71.3 Å². The summed E-state index contributed by atoms with van der Waals surface area (Å²) < 4.78 is 26.4. The van der Waals surface area contributed by atoms with E-state index >= 15 is 0 Å². The summed E-state index contributed by atoms with van der Waals surface area (Å²) in [5.74, 6) is 0.0718. The van der Waals surface area contributed by atoms with Gasteiger partial charge in [0.25, 0.3) is 5.91 Å². The minimum Gasteiger partial charge on any atom is -0.598 e. The minimum absolute atomic E-state index is 0.0631. The molecule has 1 spiro atoms. The molecule has 5 nitrogen and oxygen atoms in total. The summed E-state index contributed by atoms with van der Waals surface area (Å²) in [7, 11) is -3.28. The molecule has 2 aromatic carbocycles. The number of benzene rings is 2. The fourth-order valence-electron chi connectivity index (χ4n) is 4.63. The first kappa shape index (κ1) is 18.3. The summed E-state index contributed by atoms with van der Waals surface area (Å²) >= 11 is 0. The Labute approximate surface area is 161 Å². The average Bonchev–Trinajstić information content (AvgIpc) is 2.94. The molecule has 1 aliphatic carbocycles. The number of fused-ring (bicyclic) bond motifs is 2. The topological polar surface area (TPSA) is 72.5 Å². The van der Waals surface area contributed by atoms with Gasteiger partial charge in [0, 0.05) is 24.1 Å². The lowest BCUT2D eigenvalue weighted by atomic mass is 9.73. The number of carbonyl (C=O) groups excluding carboxylic acids is 1.